The van der Waals surface area contributed by atoms with Gasteiger partial charge in [-0.1, -0.05) is 6.08 Å². The highest BCUT2D eigenvalue weighted by Gasteiger charge is 2.41. The largest absolute Gasteiger partial charge is 0.510 e. The van der Waals surface area contributed by atoms with E-state index in [0.717, 1.165) is 13.2 Å². The molecule has 194 valence electrons. The maximum absolute atomic E-state index is 14.1. The molecule has 4 rings (SSSR count). The van der Waals surface area contributed by atoms with Gasteiger partial charge in [-0.25, -0.2) is 13.6 Å². The predicted octanol–water partition coefficient (Wildman–Crippen LogP) is 1.81. The van der Waals surface area contributed by atoms with Crippen molar-refractivity contribution in [3.05, 3.63) is 51.2 Å². The van der Waals surface area contributed by atoms with Crippen LogP contribution in [0.25, 0.3) is 0 Å². The molecule has 0 bridgehead atoms. The maximum atomic E-state index is 14.1. The number of aromatic nitrogens is 1. The summed E-state index contributed by atoms with van der Waals surface area (Å²) in [7, 11) is 1.08. The standard InChI is InChI=1S/C23H25F2N3O8/c1-12-5-6-34-17-10-27-9-15(21(30)26-8-13-3-4-14(24)7-16(13)25)19(29)20(18(27)22(31)28(12)17)35-11-36-23(32)33-2/h3-4,9,12,16-17H,5-8,10-11H2,1-2H3,(H,26,30)/t12-,16?,17+/m1/s1. The highest BCUT2D eigenvalue weighted by Crippen LogP contribution is 2.30. The number of hydrogen-bond acceptors (Lipinski definition) is 8. The van der Waals surface area contributed by atoms with Crippen molar-refractivity contribution in [2.75, 3.05) is 27.1 Å². The number of pyridine rings is 1. The smallest absolute Gasteiger partial charge is 0.451 e. The third-order valence-corrected chi connectivity index (χ3v) is 6.16. The Morgan fingerprint density at radius 1 is 1.28 bits per heavy atom. The van der Waals surface area contributed by atoms with Crippen molar-refractivity contribution in [3.63, 3.8) is 0 Å². The molecule has 3 heterocycles. The van der Waals surface area contributed by atoms with Crippen LogP contribution < -0.4 is 15.5 Å². The Kier molecular flexibility index (Phi) is 7.38. The third kappa shape index (κ3) is 4.96. The van der Waals surface area contributed by atoms with E-state index in [2.05, 4.69) is 14.8 Å². The summed E-state index contributed by atoms with van der Waals surface area (Å²) in [6, 6.07) is -0.168. The van der Waals surface area contributed by atoms with Crippen LogP contribution in [-0.2, 0) is 20.8 Å². The molecule has 2 amide bonds. The number of nitrogens with zero attached hydrogens (tertiary/aromatic N) is 2. The van der Waals surface area contributed by atoms with E-state index < -0.39 is 60.6 Å². The average Bonchev–Trinajstić information content (AvgIpc) is 2.84. The summed E-state index contributed by atoms with van der Waals surface area (Å²) in [6.45, 7) is 1.38. The number of alkyl halides is 1. The van der Waals surface area contributed by atoms with Gasteiger partial charge < -0.3 is 33.7 Å². The number of fused-ring (bicyclic) bond motifs is 2. The van der Waals surface area contributed by atoms with Gasteiger partial charge >= 0.3 is 6.16 Å². The Balaban J connectivity index is 1.66. The molecule has 0 saturated carbocycles. The number of rotatable bonds is 6. The summed E-state index contributed by atoms with van der Waals surface area (Å²) in [4.78, 5) is 52.3. The van der Waals surface area contributed by atoms with E-state index in [1.807, 2.05) is 6.92 Å². The van der Waals surface area contributed by atoms with Gasteiger partial charge in [0, 0.05) is 25.2 Å². The van der Waals surface area contributed by atoms with Crippen LogP contribution in [-0.4, -0.2) is 72.9 Å². The molecular formula is C23H25F2N3O8. The van der Waals surface area contributed by atoms with Crippen LogP contribution in [0.2, 0.25) is 0 Å². The lowest BCUT2D eigenvalue weighted by Gasteiger charge is -2.44. The summed E-state index contributed by atoms with van der Waals surface area (Å²) < 4.78 is 48.8. The van der Waals surface area contributed by atoms with Crippen LogP contribution in [0.3, 0.4) is 0 Å². The first-order chi connectivity index (χ1) is 17.2. The second-order valence-electron chi connectivity index (χ2n) is 8.45. The van der Waals surface area contributed by atoms with E-state index in [0.29, 0.717) is 13.0 Å². The van der Waals surface area contributed by atoms with Crippen molar-refractivity contribution >= 4 is 18.0 Å². The molecule has 1 saturated heterocycles. The first-order valence-corrected chi connectivity index (χ1v) is 11.2. The molecule has 0 radical (unpaired) electrons. The van der Waals surface area contributed by atoms with Crippen molar-refractivity contribution in [3.8, 4) is 5.75 Å². The number of allylic oxidation sites excluding steroid dienone is 3. The second kappa shape index (κ2) is 10.5. The highest BCUT2D eigenvalue weighted by atomic mass is 19.1. The lowest BCUT2D eigenvalue weighted by Crippen LogP contribution is -2.57. The number of ether oxygens (including phenoxy) is 4. The Morgan fingerprint density at radius 2 is 2.06 bits per heavy atom. The summed E-state index contributed by atoms with van der Waals surface area (Å²) in [5.41, 5.74) is -1.30. The number of nitrogens with one attached hydrogen (secondary N) is 1. The minimum atomic E-state index is -1.61. The van der Waals surface area contributed by atoms with Crippen LogP contribution >= 0.6 is 0 Å². The molecular weight excluding hydrogens is 484 g/mol. The minimum Gasteiger partial charge on any atom is -0.451 e. The summed E-state index contributed by atoms with van der Waals surface area (Å²) in [5, 5.41) is 2.45. The summed E-state index contributed by atoms with van der Waals surface area (Å²) in [5.74, 6) is -2.50. The number of hydrogen-bond donors (Lipinski definition) is 1. The van der Waals surface area contributed by atoms with Crippen molar-refractivity contribution in [2.45, 2.75) is 44.8 Å². The fourth-order valence-corrected chi connectivity index (χ4v) is 4.25. The van der Waals surface area contributed by atoms with Crippen molar-refractivity contribution in [1.29, 1.82) is 0 Å². The maximum Gasteiger partial charge on any atom is 0.510 e. The summed E-state index contributed by atoms with van der Waals surface area (Å²) in [6.07, 6.45) is 0.419. The summed E-state index contributed by atoms with van der Waals surface area (Å²) >= 11 is 0. The molecule has 1 aromatic rings. The van der Waals surface area contributed by atoms with Gasteiger partial charge in [0.25, 0.3) is 11.8 Å². The van der Waals surface area contributed by atoms with Crippen LogP contribution in [0.15, 0.2) is 34.5 Å². The molecule has 1 fully saturated rings. The highest BCUT2D eigenvalue weighted by molar-refractivity contribution is 5.99. The molecule has 1 N–H and O–H groups in total. The van der Waals surface area contributed by atoms with Crippen LogP contribution in [0.1, 0.15) is 40.6 Å². The zero-order chi connectivity index (χ0) is 26.0. The van der Waals surface area contributed by atoms with Crippen molar-refractivity contribution in [1.82, 2.24) is 14.8 Å². The Hall–Kier alpha value is -3.74. The topological polar surface area (TPSA) is 125 Å². The minimum absolute atomic E-state index is 0.113. The zero-order valence-electron chi connectivity index (χ0n) is 19.6. The van der Waals surface area contributed by atoms with Gasteiger partial charge in [-0.3, -0.25) is 14.4 Å². The molecule has 1 aliphatic carbocycles. The van der Waals surface area contributed by atoms with Gasteiger partial charge in [0.1, 0.15) is 17.6 Å². The molecule has 0 aromatic carbocycles. The number of carbonyl (C=O) groups is 3. The zero-order valence-corrected chi connectivity index (χ0v) is 19.6. The van der Waals surface area contributed by atoms with E-state index in [1.165, 1.54) is 21.7 Å². The lowest BCUT2D eigenvalue weighted by molar-refractivity contribution is -0.112. The number of amides is 2. The first kappa shape index (κ1) is 25.4. The molecule has 2 aliphatic heterocycles. The monoisotopic (exact) mass is 509 g/mol. The normalized spacial score (nSPS) is 23.1. The number of carbonyl (C=O) groups excluding carboxylic acids is 3. The van der Waals surface area contributed by atoms with E-state index >= 15 is 0 Å². The fourth-order valence-electron chi connectivity index (χ4n) is 4.25. The molecule has 1 unspecified atom stereocenters. The van der Waals surface area contributed by atoms with Gasteiger partial charge in [-0.2, -0.15) is 0 Å². The SMILES string of the molecule is COC(=O)OCOc1c2n(cc(C(=O)NCC3=CC=C(F)CC3F)c1=O)C[C@@H]1OCC[C@@H](C)N1C2=O. The fraction of sp³-hybridized carbons (Fsp3) is 0.478. The Morgan fingerprint density at radius 3 is 2.78 bits per heavy atom. The van der Waals surface area contributed by atoms with Crippen LogP contribution in [0.4, 0.5) is 13.6 Å². The van der Waals surface area contributed by atoms with Gasteiger partial charge in [-0.15, -0.1) is 0 Å². The van der Waals surface area contributed by atoms with E-state index in [4.69, 9.17) is 9.47 Å². The third-order valence-electron chi connectivity index (χ3n) is 6.16. The van der Waals surface area contributed by atoms with E-state index in [1.54, 1.807) is 0 Å². The molecule has 3 aliphatic rings. The van der Waals surface area contributed by atoms with Gasteiger partial charge in [0.05, 0.1) is 20.3 Å². The molecule has 1 aromatic heterocycles. The quantitative estimate of drug-likeness (QED) is 0.455. The lowest BCUT2D eigenvalue weighted by atomic mass is 10.0. The number of methoxy groups -OCH3 is 1. The van der Waals surface area contributed by atoms with Gasteiger partial charge in [-0.05, 0) is 25.0 Å². The molecule has 13 heteroatoms. The van der Waals surface area contributed by atoms with Crippen molar-refractivity contribution < 1.29 is 42.1 Å². The average molecular weight is 509 g/mol. The van der Waals surface area contributed by atoms with Crippen LogP contribution in [0, 0.1) is 0 Å². The van der Waals surface area contributed by atoms with Crippen molar-refractivity contribution in [2.24, 2.45) is 0 Å². The second-order valence-corrected chi connectivity index (χ2v) is 8.45. The van der Waals surface area contributed by atoms with E-state index in [-0.39, 0.29) is 36.0 Å². The molecule has 0 spiro atoms. The molecule has 11 nitrogen and oxygen atoms in total. The Bertz CT molecular complexity index is 1190. The molecule has 3 atom stereocenters. The predicted molar refractivity (Wildman–Crippen MR) is 119 cm³/mol. The molecule has 36 heavy (non-hydrogen) atoms. The van der Waals surface area contributed by atoms with Gasteiger partial charge in [0.2, 0.25) is 18.0 Å². The van der Waals surface area contributed by atoms with E-state index in [9.17, 15) is 28.0 Å². The Labute approximate surface area is 204 Å². The van der Waals surface area contributed by atoms with Crippen LogP contribution in [0.5, 0.6) is 5.75 Å². The first-order valence-electron chi connectivity index (χ1n) is 11.2. The number of halogens is 2. The van der Waals surface area contributed by atoms with Gasteiger partial charge in [0.15, 0.2) is 11.9 Å².